The topological polar surface area (TPSA) is 80.5 Å². The third-order valence-electron chi connectivity index (χ3n) is 3.48. The Kier molecular flexibility index (Phi) is 2.66. The molecule has 2 aromatic heterocycles. The molecule has 3 heterocycles. The second-order valence-corrected chi connectivity index (χ2v) is 7.59. The average molecular weight is 293 g/mol. The molecule has 3 rings (SSSR count). The van der Waals surface area contributed by atoms with E-state index in [1.807, 2.05) is 35.7 Å². The van der Waals surface area contributed by atoms with Gasteiger partial charge >= 0.3 is 0 Å². The Morgan fingerprint density at radius 2 is 2.10 bits per heavy atom. The van der Waals surface area contributed by atoms with Gasteiger partial charge < -0.3 is 9.72 Å². The SMILES string of the molecule is Cc1c(C(=O)NC2(C)CS(=O)(=O)C2)nc2ccccn12. The predicted octanol–water partition coefficient (Wildman–Crippen LogP) is 0.560. The fraction of sp³-hybridized carbons (Fsp3) is 0.385. The number of aryl methyl sites for hydroxylation is 1. The van der Waals surface area contributed by atoms with Gasteiger partial charge in [-0.05, 0) is 26.0 Å². The smallest absolute Gasteiger partial charge is 0.272 e. The molecule has 1 fully saturated rings. The Morgan fingerprint density at radius 3 is 2.70 bits per heavy atom. The van der Waals surface area contributed by atoms with E-state index < -0.39 is 15.4 Å². The molecule has 0 saturated carbocycles. The molecule has 2 aromatic rings. The van der Waals surface area contributed by atoms with E-state index in [2.05, 4.69) is 10.3 Å². The van der Waals surface area contributed by atoms with Crippen molar-refractivity contribution in [1.82, 2.24) is 14.7 Å². The van der Waals surface area contributed by atoms with Crippen LogP contribution in [0.5, 0.6) is 0 Å². The quantitative estimate of drug-likeness (QED) is 0.877. The van der Waals surface area contributed by atoms with Gasteiger partial charge in [0.15, 0.2) is 9.84 Å². The highest BCUT2D eigenvalue weighted by molar-refractivity contribution is 7.93. The van der Waals surface area contributed by atoms with E-state index in [1.54, 1.807) is 6.92 Å². The fourth-order valence-electron chi connectivity index (χ4n) is 2.67. The number of sulfone groups is 1. The third kappa shape index (κ3) is 2.07. The van der Waals surface area contributed by atoms with Crippen LogP contribution < -0.4 is 5.32 Å². The van der Waals surface area contributed by atoms with Crippen LogP contribution in [0.15, 0.2) is 24.4 Å². The van der Waals surface area contributed by atoms with Crippen LogP contribution in [-0.4, -0.2) is 40.8 Å². The molecule has 0 unspecified atom stereocenters. The number of carbonyl (C=O) groups excluding carboxylic acids is 1. The molecule has 1 amide bonds. The van der Waals surface area contributed by atoms with Gasteiger partial charge in [0.2, 0.25) is 0 Å². The molecule has 1 aliphatic heterocycles. The van der Waals surface area contributed by atoms with E-state index in [9.17, 15) is 13.2 Å². The first-order valence-electron chi connectivity index (χ1n) is 6.26. The van der Waals surface area contributed by atoms with Crippen LogP contribution in [0.1, 0.15) is 23.1 Å². The van der Waals surface area contributed by atoms with Crippen molar-refractivity contribution in [2.45, 2.75) is 19.4 Å². The van der Waals surface area contributed by atoms with Gasteiger partial charge in [-0.1, -0.05) is 6.07 Å². The molecule has 0 atom stereocenters. The molecule has 0 aliphatic carbocycles. The summed E-state index contributed by atoms with van der Waals surface area (Å²) in [6.45, 7) is 3.55. The summed E-state index contributed by atoms with van der Waals surface area (Å²) in [5, 5.41) is 2.77. The molecule has 1 aliphatic rings. The van der Waals surface area contributed by atoms with Crippen LogP contribution in [0.2, 0.25) is 0 Å². The van der Waals surface area contributed by atoms with Crippen molar-refractivity contribution in [3.63, 3.8) is 0 Å². The first kappa shape index (κ1) is 13.1. The molecule has 0 radical (unpaired) electrons. The van der Waals surface area contributed by atoms with Crippen molar-refractivity contribution in [2.75, 3.05) is 11.5 Å². The van der Waals surface area contributed by atoms with Gasteiger partial charge in [-0.15, -0.1) is 0 Å². The number of hydrogen-bond acceptors (Lipinski definition) is 4. The minimum Gasteiger partial charge on any atom is -0.343 e. The number of nitrogens with zero attached hydrogens (tertiary/aromatic N) is 2. The second-order valence-electron chi connectivity index (χ2n) is 5.52. The van der Waals surface area contributed by atoms with E-state index >= 15 is 0 Å². The van der Waals surface area contributed by atoms with E-state index in [4.69, 9.17) is 0 Å². The summed E-state index contributed by atoms with van der Waals surface area (Å²) in [6.07, 6.45) is 1.84. The van der Waals surface area contributed by atoms with Crippen molar-refractivity contribution in [2.24, 2.45) is 0 Å². The maximum absolute atomic E-state index is 12.3. The number of aromatic nitrogens is 2. The summed E-state index contributed by atoms with van der Waals surface area (Å²) in [7, 11) is -2.99. The van der Waals surface area contributed by atoms with Crippen LogP contribution in [0.4, 0.5) is 0 Å². The lowest BCUT2D eigenvalue weighted by molar-refractivity contribution is 0.0911. The van der Waals surface area contributed by atoms with E-state index in [0.717, 1.165) is 5.69 Å². The molecule has 106 valence electrons. The van der Waals surface area contributed by atoms with Crippen molar-refractivity contribution < 1.29 is 13.2 Å². The fourth-order valence-corrected chi connectivity index (χ4v) is 4.67. The molecular weight excluding hydrogens is 278 g/mol. The predicted molar refractivity (Wildman–Crippen MR) is 74.5 cm³/mol. The summed E-state index contributed by atoms with van der Waals surface area (Å²) in [6, 6.07) is 5.53. The maximum atomic E-state index is 12.3. The largest absolute Gasteiger partial charge is 0.343 e. The number of rotatable bonds is 2. The summed E-state index contributed by atoms with van der Waals surface area (Å²) in [4.78, 5) is 16.6. The molecule has 7 heteroatoms. The molecule has 20 heavy (non-hydrogen) atoms. The Morgan fingerprint density at radius 1 is 1.40 bits per heavy atom. The van der Waals surface area contributed by atoms with E-state index in [1.165, 1.54) is 0 Å². The van der Waals surface area contributed by atoms with Gasteiger partial charge in [0, 0.05) is 6.20 Å². The van der Waals surface area contributed by atoms with Gasteiger partial charge in [-0.25, -0.2) is 13.4 Å². The number of pyridine rings is 1. The number of fused-ring (bicyclic) bond motifs is 1. The average Bonchev–Trinajstić information content (AvgIpc) is 2.64. The van der Waals surface area contributed by atoms with Crippen molar-refractivity contribution in [3.8, 4) is 0 Å². The standard InChI is InChI=1S/C13H15N3O3S/c1-9-11(14-10-5-3-4-6-16(9)10)12(17)15-13(2)7-20(18,19)8-13/h3-6H,7-8H2,1-2H3,(H,15,17). The summed E-state index contributed by atoms with van der Waals surface area (Å²) in [5.41, 5.74) is 1.09. The van der Waals surface area contributed by atoms with Gasteiger partial charge in [-0.2, -0.15) is 0 Å². The number of carbonyl (C=O) groups is 1. The van der Waals surface area contributed by atoms with Crippen LogP contribution in [0.3, 0.4) is 0 Å². The van der Waals surface area contributed by atoms with Crippen LogP contribution in [-0.2, 0) is 9.84 Å². The van der Waals surface area contributed by atoms with Crippen LogP contribution in [0.25, 0.3) is 5.65 Å². The zero-order chi connectivity index (χ0) is 14.5. The zero-order valence-electron chi connectivity index (χ0n) is 11.3. The highest BCUT2D eigenvalue weighted by atomic mass is 32.2. The van der Waals surface area contributed by atoms with Crippen molar-refractivity contribution in [3.05, 3.63) is 35.8 Å². The van der Waals surface area contributed by atoms with E-state index in [0.29, 0.717) is 11.3 Å². The Bertz CT molecular complexity index is 795. The number of hydrogen-bond donors (Lipinski definition) is 1. The normalized spacial score (nSPS) is 19.5. The van der Waals surface area contributed by atoms with Crippen molar-refractivity contribution >= 4 is 21.4 Å². The minimum absolute atomic E-state index is 0.0157. The molecule has 1 N–H and O–H groups in total. The van der Waals surface area contributed by atoms with Gasteiger partial charge in [0.25, 0.3) is 5.91 Å². The Hall–Kier alpha value is -1.89. The number of nitrogens with one attached hydrogen (secondary N) is 1. The highest BCUT2D eigenvalue weighted by Crippen LogP contribution is 2.23. The van der Waals surface area contributed by atoms with Crippen LogP contribution in [0, 0.1) is 6.92 Å². The third-order valence-corrected chi connectivity index (χ3v) is 5.63. The minimum atomic E-state index is -2.99. The van der Waals surface area contributed by atoms with Gasteiger partial charge in [-0.3, -0.25) is 4.79 Å². The highest BCUT2D eigenvalue weighted by Gasteiger charge is 2.46. The molecule has 1 saturated heterocycles. The zero-order valence-corrected chi connectivity index (χ0v) is 12.1. The first-order valence-corrected chi connectivity index (χ1v) is 8.08. The van der Waals surface area contributed by atoms with Gasteiger partial charge in [0.1, 0.15) is 11.3 Å². The molecule has 0 aromatic carbocycles. The lowest BCUT2D eigenvalue weighted by Crippen LogP contribution is -2.63. The summed E-state index contributed by atoms with van der Waals surface area (Å²) in [5.74, 6) is -0.361. The van der Waals surface area contributed by atoms with Crippen molar-refractivity contribution in [1.29, 1.82) is 0 Å². The molecular formula is C13H15N3O3S. The summed E-state index contributed by atoms with van der Waals surface area (Å²) >= 11 is 0. The Balaban J connectivity index is 1.88. The monoisotopic (exact) mass is 293 g/mol. The number of imidazole rings is 1. The van der Waals surface area contributed by atoms with E-state index in [-0.39, 0.29) is 17.4 Å². The lowest BCUT2D eigenvalue weighted by atomic mass is 10.1. The molecule has 6 nitrogen and oxygen atoms in total. The number of amides is 1. The van der Waals surface area contributed by atoms with Gasteiger partial charge in [0.05, 0.1) is 22.7 Å². The first-order chi connectivity index (χ1) is 9.30. The Labute approximate surface area is 116 Å². The lowest BCUT2D eigenvalue weighted by Gasteiger charge is -2.38. The molecule has 0 bridgehead atoms. The summed E-state index contributed by atoms with van der Waals surface area (Å²) < 4.78 is 24.3. The maximum Gasteiger partial charge on any atom is 0.272 e. The second kappa shape index (κ2) is 4.05. The molecule has 0 spiro atoms. The van der Waals surface area contributed by atoms with Crippen LogP contribution >= 0.6 is 0 Å².